The Bertz CT molecular complexity index is 988. The zero-order valence-electron chi connectivity index (χ0n) is 15.1. The standard InChI is InChI=1S/C20H15F3N2O4/c1-2-28-19(27)13-8-10-14(11-9-13)25-18(26)16(17(24-25)20(21,22)23)7-3-5-15-6-4-12-29-15/h3-12H,2H2,1H3/b5-3+,16-7-. The van der Waals surface area contributed by atoms with Gasteiger partial charge >= 0.3 is 12.1 Å². The Kier molecular flexibility index (Phi) is 5.67. The summed E-state index contributed by atoms with van der Waals surface area (Å²) in [7, 11) is 0. The molecule has 1 amide bonds. The van der Waals surface area contributed by atoms with Gasteiger partial charge in [-0.05, 0) is 55.5 Å². The van der Waals surface area contributed by atoms with Crippen molar-refractivity contribution in [3.63, 3.8) is 0 Å². The van der Waals surface area contributed by atoms with Crippen LogP contribution in [0.5, 0.6) is 0 Å². The highest BCUT2D eigenvalue weighted by Gasteiger charge is 2.46. The molecule has 0 unspecified atom stereocenters. The molecule has 2 aromatic rings. The number of hydrogen-bond acceptors (Lipinski definition) is 5. The van der Waals surface area contributed by atoms with E-state index in [0.29, 0.717) is 10.8 Å². The molecule has 0 saturated heterocycles. The summed E-state index contributed by atoms with van der Waals surface area (Å²) in [5, 5.41) is 4.10. The lowest BCUT2D eigenvalue weighted by Gasteiger charge is -2.12. The van der Waals surface area contributed by atoms with Crippen molar-refractivity contribution in [2.75, 3.05) is 11.6 Å². The predicted molar refractivity (Wildman–Crippen MR) is 99.2 cm³/mol. The Balaban J connectivity index is 1.89. The summed E-state index contributed by atoms with van der Waals surface area (Å²) in [6.45, 7) is 1.83. The van der Waals surface area contributed by atoms with E-state index in [1.165, 1.54) is 42.7 Å². The van der Waals surface area contributed by atoms with E-state index in [1.54, 1.807) is 19.1 Å². The predicted octanol–water partition coefficient (Wildman–Crippen LogP) is 4.36. The SMILES string of the molecule is CCOC(=O)c1ccc(N2N=C(C(F)(F)F)/C(=C/C=C/c3ccco3)C2=O)cc1. The molecular formula is C20H15F3N2O4. The third kappa shape index (κ3) is 4.45. The summed E-state index contributed by atoms with van der Waals surface area (Å²) in [6, 6.07) is 8.58. The van der Waals surface area contributed by atoms with Crippen LogP contribution in [0, 0.1) is 0 Å². The monoisotopic (exact) mass is 404 g/mol. The first-order valence-corrected chi connectivity index (χ1v) is 8.51. The third-order valence-corrected chi connectivity index (χ3v) is 3.84. The first kappa shape index (κ1) is 20.1. The van der Waals surface area contributed by atoms with E-state index in [2.05, 4.69) is 5.10 Å². The van der Waals surface area contributed by atoms with Crippen molar-refractivity contribution in [3.8, 4) is 0 Å². The lowest BCUT2D eigenvalue weighted by Crippen LogP contribution is -2.25. The van der Waals surface area contributed by atoms with Gasteiger partial charge in [0, 0.05) is 0 Å². The summed E-state index contributed by atoms with van der Waals surface area (Å²) in [4.78, 5) is 24.3. The van der Waals surface area contributed by atoms with Gasteiger partial charge in [-0.25, -0.2) is 4.79 Å². The van der Waals surface area contributed by atoms with Crippen molar-refractivity contribution in [2.24, 2.45) is 5.10 Å². The molecule has 0 N–H and O–H groups in total. The molecule has 150 valence electrons. The molecule has 9 heteroatoms. The molecule has 1 aliphatic heterocycles. The summed E-state index contributed by atoms with van der Waals surface area (Å²) in [5.74, 6) is -1.09. The molecule has 0 atom stereocenters. The molecule has 3 rings (SSSR count). The maximum atomic E-state index is 13.4. The van der Waals surface area contributed by atoms with Crippen LogP contribution < -0.4 is 5.01 Å². The minimum absolute atomic E-state index is 0.0863. The van der Waals surface area contributed by atoms with Gasteiger partial charge in [0.15, 0.2) is 5.71 Å². The molecule has 0 fully saturated rings. The van der Waals surface area contributed by atoms with Crippen LogP contribution in [-0.4, -0.2) is 30.4 Å². The molecule has 0 aliphatic carbocycles. The summed E-state index contributed by atoms with van der Waals surface area (Å²) in [6.07, 6.45) is 0.327. The average molecular weight is 404 g/mol. The van der Waals surface area contributed by atoms with Crippen LogP contribution in [0.2, 0.25) is 0 Å². The Hall–Kier alpha value is -3.62. The maximum Gasteiger partial charge on any atom is 0.435 e. The second-order valence-corrected chi connectivity index (χ2v) is 5.79. The molecule has 0 saturated carbocycles. The lowest BCUT2D eigenvalue weighted by atomic mass is 10.1. The van der Waals surface area contributed by atoms with Crippen molar-refractivity contribution in [1.82, 2.24) is 0 Å². The minimum atomic E-state index is -4.82. The number of nitrogens with zero attached hydrogens (tertiary/aromatic N) is 2. The topological polar surface area (TPSA) is 72.1 Å². The van der Waals surface area contributed by atoms with Crippen LogP contribution in [0.4, 0.5) is 18.9 Å². The van der Waals surface area contributed by atoms with Crippen LogP contribution in [0.25, 0.3) is 6.08 Å². The van der Waals surface area contributed by atoms with Gasteiger partial charge in [0.1, 0.15) is 5.76 Å². The lowest BCUT2D eigenvalue weighted by molar-refractivity contribution is -0.114. The van der Waals surface area contributed by atoms with E-state index in [9.17, 15) is 22.8 Å². The number of amides is 1. The number of carbonyl (C=O) groups excluding carboxylic acids is 2. The minimum Gasteiger partial charge on any atom is -0.465 e. The smallest absolute Gasteiger partial charge is 0.435 e. The third-order valence-electron chi connectivity index (χ3n) is 3.84. The number of ether oxygens (including phenoxy) is 1. The molecule has 1 aliphatic rings. The van der Waals surface area contributed by atoms with Crippen LogP contribution in [0.15, 0.2) is 69.9 Å². The van der Waals surface area contributed by atoms with Gasteiger partial charge in [-0.1, -0.05) is 6.08 Å². The summed E-state index contributed by atoms with van der Waals surface area (Å²) < 4.78 is 50.0. The number of hydrazone groups is 1. The number of anilines is 1. The first-order chi connectivity index (χ1) is 13.8. The van der Waals surface area contributed by atoms with Crippen molar-refractivity contribution in [3.05, 3.63) is 71.7 Å². The number of alkyl halides is 3. The summed E-state index contributed by atoms with van der Waals surface area (Å²) in [5.41, 5.74) is -1.61. The Morgan fingerprint density at radius 2 is 1.97 bits per heavy atom. The fourth-order valence-corrected chi connectivity index (χ4v) is 2.53. The van der Waals surface area contributed by atoms with Crippen molar-refractivity contribution in [2.45, 2.75) is 13.1 Å². The molecule has 1 aromatic heterocycles. The maximum absolute atomic E-state index is 13.4. The largest absolute Gasteiger partial charge is 0.465 e. The van der Waals surface area contributed by atoms with Crippen molar-refractivity contribution in [1.29, 1.82) is 0 Å². The molecule has 29 heavy (non-hydrogen) atoms. The highest BCUT2D eigenvalue weighted by molar-refractivity contribution is 6.32. The Labute approximate surface area is 163 Å². The van der Waals surface area contributed by atoms with Gasteiger partial charge in [0.2, 0.25) is 0 Å². The fraction of sp³-hybridized carbons (Fsp3) is 0.150. The van der Waals surface area contributed by atoms with Crippen LogP contribution >= 0.6 is 0 Å². The molecule has 2 heterocycles. The molecule has 0 spiro atoms. The van der Waals surface area contributed by atoms with Gasteiger partial charge in [-0.2, -0.15) is 23.3 Å². The fourth-order valence-electron chi connectivity index (χ4n) is 2.53. The molecule has 1 aromatic carbocycles. The van der Waals surface area contributed by atoms with E-state index >= 15 is 0 Å². The number of carbonyl (C=O) groups is 2. The van der Waals surface area contributed by atoms with E-state index in [4.69, 9.17) is 9.15 Å². The number of furan rings is 1. The van der Waals surface area contributed by atoms with Gasteiger partial charge in [0.05, 0.1) is 29.7 Å². The van der Waals surface area contributed by atoms with Gasteiger partial charge < -0.3 is 9.15 Å². The van der Waals surface area contributed by atoms with Crippen LogP contribution in [0.1, 0.15) is 23.0 Å². The Morgan fingerprint density at radius 3 is 2.55 bits per heavy atom. The number of esters is 1. The quantitative estimate of drug-likeness (QED) is 0.548. The second-order valence-electron chi connectivity index (χ2n) is 5.79. The summed E-state index contributed by atoms with van der Waals surface area (Å²) >= 11 is 0. The number of halogens is 3. The molecule has 0 radical (unpaired) electrons. The highest BCUT2D eigenvalue weighted by Crippen LogP contribution is 2.31. The van der Waals surface area contributed by atoms with E-state index in [0.717, 1.165) is 6.08 Å². The van der Waals surface area contributed by atoms with Crippen LogP contribution in [-0.2, 0) is 9.53 Å². The molecule has 0 bridgehead atoms. The Morgan fingerprint density at radius 1 is 1.24 bits per heavy atom. The zero-order valence-corrected chi connectivity index (χ0v) is 15.1. The van der Waals surface area contributed by atoms with Crippen molar-refractivity contribution < 1.29 is 31.9 Å². The first-order valence-electron chi connectivity index (χ1n) is 8.51. The molecule has 6 nitrogen and oxygen atoms in total. The van der Waals surface area contributed by atoms with Gasteiger partial charge in [-0.3, -0.25) is 4.79 Å². The van der Waals surface area contributed by atoms with E-state index in [1.807, 2.05) is 0 Å². The van der Waals surface area contributed by atoms with Gasteiger partial charge in [0.25, 0.3) is 5.91 Å². The van der Waals surface area contributed by atoms with Gasteiger partial charge in [-0.15, -0.1) is 0 Å². The number of rotatable bonds is 5. The number of hydrogen-bond donors (Lipinski definition) is 0. The number of benzene rings is 1. The number of allylic oxidation sites excluding steroid dienone is 2. The average Bonchev–Trinajstić information content (AvgIpc) is 3.30. The second kappa shape index (κ2) is 8.17. The highest BCUT2D eigenvalue weighted by atomic mass is 19.4. The molecular weight excluding hydrogens is 389 g/mol. The van der Waals surface area contributed by atoms with Crippen LogP contribution in [0.3, 0.4) is 0 Å². The normalized spacial score (nSPS) is 16.0. The van der Waals surface area contributed by atoms with E-state index in [-0.39, 0.29) is 17.9 Å². The zero-order chi connectivity index (χ0) is 21.0. The van der Waals surface area contributed by atoms with Crippen molar-refractivity contribution >= 4 is 29.4 Å². The van der Waals surface area contributed by atoms with E-state index < -0.39 is 29.3 Å².